The van der Waals surface area contributed by atoms with Gasteiger partial charge >= 0.3 is 0 Å². The Hall–Kier alpha value is -4.97. The predicted octanol–water partition coefficient (Wildman–Crippen LogP) is 4.54. The third kappa shape index (κ3) is 5.80. The predicted molar refractivity (Wildman–Crippen MR) is 148 cm³/mol. The molecule has 2 aromatic heterocycles. The zero-order valence-corrected chi connectivity index (χ0v) is 21.3. The number of anilines is 2. The van der Waals surface area contributed by atoms with Crippen molar-refractivity contribution in [2.45, 2.75) is 0 Å². The topological polar surface area (TPSA) is 134 Å². The average Bonchev–Trinajstić information content (AvgIpc) is 3.66. The molecule has 12 heteroatoms. The number of carbonyl (C=O) groups excluding carboxylic acids is 2. The minimum atomic E-state index is -0.587. The number of thiocarbonyl (C=S) groups is 1. The summed E-state index contributed by atoms with van der Waals surface area (Å²) < 4.78 is 10.8. The molecule has 0 bridgehead atoms. The Bertz CT molecular complexity index is 1510. The smallest absolute Gasteiger partial charge is 0.293 e. The van der Waals surface area contributed by atoms with Gasteiger partial charge in [0.15, 0.2) is 16.6 Å². The lowest BCUT2D eigenvalue weighted by atomic mass is 10.1. The molecule has 0 saturated carbocycles. The van der Waals surface area contributed by atoms with Gasteiger partial charge in [0.25, 0.3) is 17.5 Å². The molecule has 11 nitrogen and oxygen atoms in total. The number of benzene rings is 2. The number of furan rings is 2. The van der Waals surface area contributed by atoms with E-state index in [0.717, 1.165) is 5.69 Å². The van der Waals surface area contributed by atoms with Gasteiger partial charge in [-0.25, -0.2) is 0 Å². The van der Waals surface area contributed by atoms with Crippen LogP contribution in [0.1, 0.15) is 21.1 Å². The summed E-state index contributed by atoms with van der Waals surface area (Å²) in [6.07, 6.45) is 1.49. The average molecular weight is 546 g/mol. The van der Waals surface area contributed by atoms with Crippen LogP contribution in [0.2, 0.25) is 0 Å². The SMILES string of the molecule is O=C(NC(=S)Nc1ccc(N2CCN(C(=O)c3ccco3)CC2)cc1)c1ccc(-c2ccccc2[N+](=O)[O-])o1. The molecule has 2 aromatic carbocycles. The zero-order chi connectivity index (χ0) is 27.4. The van der Waals surface area contributed by atoms with E-state index >= 15 is 0 Å². The number of hydrogen-bond acceptors (Lipinski definition) is 8. The molecule has 0 radical (unpaired) electrons. The van der Waals surface area contributed by atoms with E-state index in [1.165, 1.54) is 24.5 Å². The second kappa shape index (κ2) is 11.2. The van der Waals surface area contributed by atoms with Crippen LogP contribution in [0.3, 0.4) is 0 Å². The van der Waals surface area contributed by atoms with E-state index in [9.17, 15) is 19.7 Å². The molecule has 1 aliphatic rings. The first-order valence-electron chi connectivity index (χ1n) is 12.0. The van der Waals surface area contributed by atoms with Gasteiger partial charge in [-0.05, 0) is 66.8 Å². The number of nitrogens with one attached hydrogen (secondary N) is 2. The first-order chi connectivity index (χ1) is 18.9. The molecule has 0 unspecified atom stereocenters. The Kier molecular flexibility index (Phi) is 7.37. The zero-order valence-electron chi connectivity index (χ0n) is 20.5. The van der Waals surface area contributed by atoms with Gasteiger partial charge in [0.1, 0.15) is 5.76 Å². The fraction of sp³-hybridized carbons (Fsp3) is 0.148. The molecule has 4 aromatic rings. The molecule has 0 spiro atoms. The highest BCUT2D eigenvalue weighted by molar-refractivity contribution is 7.80. The molecule has 39 heavy (non-hydrogen) atoms. The van der Waals surface area contributed by atoms with Crippen LogP contribution in [-0.4, -0.2) is 52.9 Å². The minimum Gasteiger partial charge on any atom is -0.459 e. The fourth-order valence-corrected chi connectivity index (χ4v) is 4.46. The highest BCUT2D eigenvalue weighted by Crippen LogP contribution is 2.30. The molecular formula is C27H23N5O6S. The normalized spacial score (nSPS) is 13.1. The van der Waals surface area contributed by atoms with Crippen molar-refractivity contribution < 1.29 is 23.3 Å². The standard InChI is InChI=1S/C27H23N5O6S/c33-25(23-12-11-22(38-23)20-4-1-2-5-21(20)32(35)36)29-27(39)28-18-7-9-19(10-8-18)30-13-15-31(16-14-30)26(34)24-6-3-17-37-24/h1-12,17H,13-16H2,(H2,28,29,33,39). The number of amides is 2. The number of nitro groups is 1. The van der Waals surface area contributed by atoms with Gasteiger partial charge in [-0.1, -0.05) is 12.1 Å². The number of rotatable bonds is 6. The monoisotopic (exact) mass is 545 g/mol. The summed E-state index contributed by atoms with van der Waals surface area (Å²) in [5, 5.41) is 16.9. The summed E-state index contributed by atoms with van der Waals surface area (Å²) in [7, 11) is 0. The molecule has 2 amide bonds. The lowest BCUT2D eigenvalue weighted by molar-refractivity contribution is -0.384. The van der Waals surface area contributed by atoms with Crippen molar-refractivity contribution in [2.75, 3.05) is 36.4 Å². The number of para-hydroxylation sites is 1. The molecule has 1 aliphatic heterocycles. The van der Waals surface area contributed by atoms with E-state index in [1.54, 1.807) is 35.2 Å². The summed E-state index contributed by atoms with van der Waals surface area (Å²) in [6.45, 7) is 2.54. The van der Waals surface area contributed by atoms with Crippen LogP contribution in [0.4, 0.5) is 17.1 Å². The third-order valence-corrected chi connectivity index (χ3v) is 6.42. The van der Waals surface area contributed by atoms with Crippen LogP contribution in [0.5, 0.6) is 0 Å². The van der Waals surface area contributed by atoms with Gasteiger partial charge in [0.2, 0.25) is 0 Å². The highest BCUT2D eigenvalue weighted by atomic mass is 32.1. The first kappa shape index (κ1) is 25.7. The van der Waals surface area contributed by atoms with Gasteiger partial charge < -0.3 is 24.0 Å². The van der Waals surface area contributed by atoms with Crippen molar-refractivity contribution in [1.82, 2.24) is 10.2 Å². The van der Waals surface area contributed by atoms with Crippen molar-refractivity contribution in [3.05, 3.63) is 101 Å². The largest absolute Gasteiger partial charge is 0.459 e. The number of carbonyl (C=O) groups is 2. The molecule has 5 rings (SSSR count). The van der Waals surface area contributed by atoms with Crippen LogP contribution < -0.4 is 15.5 Å². The van der Waals surface area contributed by atoms with Crippen molar-refractivity contribution >= 4 is 46.2 Å². The van der Waals surface area contributed by atoms with E-state index in [0.29, 0.717) is 37.6 Å². The van der Waals surface area contributed by atoms with Crippen LogP contribution in [0.15, 0.2) is 87.9 Å². The first-order valence-corrected chi connectivity index (χ1v) is 12.4. The van der Waals surface area contributed by atoms with Crippen LogP contribution in [0, 0.1) is 10.1 Å². The van der Waals surface area contributed by atoms with Gasteiger partial charge in [0, 0.05) is 43.6 Å². The van der Waals surface area contributed by atoms with Crippen LogP contribution in [-0.2, 0) is 0 Å². The Balaban J connectivity index is 1.14. The summed E-state index contributed by atoms with van der Waals surface area (Å²) in [5.74, 6) is -0.187. The molecule has 0 aliphatic carbocycles. The maximum absolute atomic E-state index is 12.6. The van der Waals surface area contributed by atoms with E-state index in [4.69, 9.17) is 21.1 Å². The molecule has 1 saturated heterocycles. The molecule has 1 fully saturated rings. The van der Waals surface area contributed by atoms with Crippen molar-refractivity contribution in [3.8, 4) is 11.3 Å². The van der Waals surface area contributed by atoms with Gasteiger partial charge in [-0.15, -0.1) is 0 Å². The molecule has 0 atom stereocenters. The second-order valence-corrected chi connectivity index (χ2v) is 9.06. The Morgan fingerprint density at radius 2 is 1.64 bits per heavy atom. The van der Waals surface area contributed by atoms with E-state index in [-0.39, 0.29) is 33.8 Å². The molecule has 3 heterocycles. The number of nitrogens with zero attached hydrogens (tertiary/aromatic N) is 3. The second-order valence-electron chi connectivity index (χ2n) is 8.65. The Morgan fingerprint density at radius 3 is 2.33 bits per heavy atom. The third-order valence-electron chi connectivity index (χ3n) is 6.21. The Morgan fingerprint density at radius 1 is 0.897 bits per heavy atom. The van der Waals surface area contributed by atoms with Crippen molar-refractivity contribution in [2.24, 2.45) is 0 Å². The lowest BCUT2D eigenvalue weighted by Crippen LogP contribution is -2.48. The number of piperazine rings is 1. The summed E-state index contributed by atoms with van der Waals surface area (Å²) in [5.41, 5.74) is 1.83. The maximum atomic E-state index is 12.6. The minimum absolute atomic E-state index is 0.0349. The number of hydrogen-bond donors (Lipinski definition) is 2. The number of nitro benzene ring substituents is 1. The van der Waals surface area contributed by atoms with E-state index in [1.807, 2.05) is 24.3 Å². The summed E-state index contributed by atoms with van der Waals surface area (Å²) in [6, 6.07) is 20.0. The molecule has 198 valence electrons. The van der Waals surface area contributed by atoms with E-state index in [2.05, 4.69) is 15.5 Å². The fourth-order valence-electron chi connectivity index (χ4n) is 4.25. The van der Waals surface area contributed by atoms with E-state index < -0.39 is 10.8 Å². The maximum Gasteiger partial charge on any atom is 0.293 e. The summed E-state index contributed by atoms with van der Waals surface area (Å²) in [4.78, 5) is 39.8. The quantitative estimate of drug-likeness (QED) is 0.203. The highest BCUT2D eigenvalue weighted by Gasteiger charge is 2.24. The van der Waals surface area contributed by atoms with Crippen LogP contribution in [0.25, 0.3) is 11.3 Å². The summed E-state index contributed by atoms with van der Waals surface area (Å²) >= 11 is 5.27. The lowest BCUT2D eigenvalue weighted by Gasteiger charge is -2.35. The molecule has 2 N–H and O–H groups in total. The van der Waals surface area contributed by atoms with Crippen LogP contribution >= 0.6 is 12.2 Å². The van der Waals surface area contributed by atoms with Gasteiger partial charge in [-0.3, -0.25) is 25.0 Å². The van der Waals surface area contributed by atoms with Gasteiger partial charge in [0.05, 0.1) is 16.7 Å². The van der Waals surface area contributed by atoms with Gasteiger partial charge in [-0.2, -0.15) is 0 Å². The molecular weight excluding hydrogens is 522 g/mol. The van der Waals surface area contributed by atoms with Crippen molar-refractivity contribution in [3.63, 3.8) is 0 Å². The van der Waals surface area contributed by atoms with Crippen molar-refractivity contribution in [1.29, 1.82) is 0 Å². The Labute approximate surface area is 228 Å².